The van der Waals surface area contributed by atoms with Gasteiger partial charge in [-0.15, -0.1) is 0 Å². The topological polar surface area (TPSA) is 81.1 Å². The van der Waals surface area contributed by atoms with Gasteiger partial charge in [-0.2, -0.15) is 5.10 Å². The predicted octanol–water partition coefficient (Wildman–Crippen LogP) is 3.90. The molecule has 30 heavy (non-hydrogen) atoms. The third-order valence-electron chi connectivity index (χ3n) is 4.76. The van der Waals surface area contributed by atoms with Gasteiger partial charge < -0.3 is 5.32 Å². The van der Waals surface area contributed by atoms with Crippen molar-refractivity contribution in [2.24, 2.45) is 0 Å². The number of aromatic nitrogens is 2. The van der Waals surface area contributed by atoms with Gasteiger partial charge in [0.1, 0.15) is 6.54 Å². The SMILES string of the molecule is CC(=O)c1cccc(NC(=O)Cn2nc(-c3ccc4ccccc4c3)ccc2=O)c1. The number of fused-ring (bicyclic) bond motifs is 1. The molecule has 0 aliphatic carbocycles. The zero-order chi connectivity index (χ0) is 21.1. The number of carbonyl (C=O) groups excluding carboxylic acids is 2. The Morgan fingerprint density at radius 1 is 0.900 bits per heavy atom. The van der Waals surface area contributed by atoms with Crippen LogP contribution in [0.1, 0.15) is 17.3 Å². The lowest BCUT2D eigenvalue weighted by Crippen LogP contribution is -2.29. The van der Waals surface area contributed by atoms with Crippen LogP contribution in [0.4, 0.5) is 5.69 Å². The van der Waals surface area contributed by atoms with Gasteiger partial charge in [-0.1, -0.05) is 48.5 Å². The zero-order valence-electron chi connectivity index (χ0n) is 16.3. The molecule has 0 fully saturated rings. The highest BCUT2D eigenvalue weighted by Gasteiger charge is 2.10. The van der Waals surface area contributed by atoms with Crippen molar-refractivity contribution in [3.05, 3.63) is 94.8 Å². The fraction of sp³-hybridized carbons (Fsp3) is 0.0833. The van der Waals surface area contributed by atoms with Crippen LogP contribution in [0.2, 0.25) is 0 Å². The lowest BCUT2D eigenvalue weighted by atomic mass is 10.1. The van der Waals surface area contributed by atoms with E-state index < -0.39 is 5.91 Å². The van der Waals surface area contributed by atoms with Crippen LogP contribution in [-0.4, -0.2) is 21.5 Å². The number of carbonyl (C=O) groups is 2. The van der Waals surface area contributed by atoms with Gasteiger partial charge in [-0.25, -0.2) is 4.68 Å². The van der Waals surface area contributed by atoms with E-state index in [0.717, 1.165) is 21.0 Å². The summed E-state index contributed by atoms with van der Waals surface area (Å²) in [5.41, 5.74) is 2.09. The number of benzene rings is 3. The molecule has 0 atom stereocenters. The second kappa shape index (κ2) is 8.13. The van der Waals surface area contributed by atoms with E-state index >= 15 is 0 Å². The Labute approximate surface area is 172 Å². The number of anilines is 1. The van der Waals surface area contributed by atoms with Crippen LogP contribution in [0.25, 0.3) is 22.0 Å². The molecule has 0 saturated heterocycles. The largest absolute Gasteiger partial charge is 0.324 e. The average molecular weight is 397 g/mol. The lowest BCUT2D eigenvalue weighted by Gasteiger charge is -2.09. The summed E-state index contributed by atoms with van der Waals surface area (Å²) < 4.78 is 1.13. The molecular formula is C24H19N3O3. The first kappa shape index (κ1) is 19.3. The second-order valence-corrected chi connectivity index (χ2v) is 6.96. The van der Waals surface area contributed by atoms with Crippen molar-refractivity contribution >= 4 is 28.2 Å². The highest BCUT2D eigenvalue weighted by Crippen LogP contribution is 2.22. The maximum absolute atomic E-state index is 12.4. The lowest BCUT2D eigenvalue weighted by molar-refractivity contribution is -0.117. The Morgan fingerprint density at radius 3 is 2.50 bits per heavy atom. The molecule has 0 saturated carbocycles. The maximum atomic E-state index is 12.4. The smallest absolute Gasteiger partial charge is 0.267 e. The molecule has 0 spiro atoms. The van der Waals surface area contributed by atoms with Crippen molar-refractivity contribution in [2.45, 2.75) is 13.5 Å². The molecule has 6 nitrogen and oxygen atoms in total. The monoisotopic (exact) mass is 397 g/mol. The number of ketones is 1. The Morgan fingerprint density at radius 2 is 1.70 bits per heavy atom. The molecule has 1 heterocycles. The standard InChI is InChI=1S/C24H19N3O3/c1-16(28)18-7-4-8-21(14-18)25-23(29)15-27-24(30)12-11-22(26-27)20-10-9-17-5-2-3-6-19(17)13-20/h2-14H,15H2,1H3,(H,25,29). The Balaban J connectivity index is 1.57. The van der Waals surface area contributed by atoms with Crippen molar-refractivity contribution in [2.75, 3.05) is 5.32 Å². The van der Waals surface area contributed by atoms with E-state index in [1.54, 1.807) is 30.3 Å². The first-order chi connectivity index (χ1) is 14.5. The Hall–Kier alpha value is -4.06. The summed E-state index contributed by atoms with van der Waals surface area (Å²) in [7, 11) is 0. The van der Waals surface area contributed by atoms with Gasteiger partial charge in [-0.05, 0) is 42.0 Å². The number of rotatable bonds is 5. The first-order valence-electron chi connectivity index (χ1n) is 9.48. The summed E-state index contributed by atoms with van der Waals surface area (Å²) in [5, 5.41) is 9.25. The highest BCUT2D eigenvalue weighted by molar-refractivity contribution is 5.97. The molecule has 1 aromatic heterocycles. The minimum absolute atomic E-state index is 0.0907. The van der Waals surface area contributed by atoms with Crippen LogP contribution in [0.3, 0.4) is 0 Å². The van der Waals surface area contributed by atoms with Gasteiger partial charge in [0.25, 0.3) is 5.56 Å². The molecule has 4 aromatic rings. The van der Waals surface area contributed by atoms with E-state index in [-0.39, 0.29) is 17.9 Å². The minimum Gasteiger partial charge on any atom is -0.324 e. The molecule has 0 unspecified atom stereocenters. The summed E-state index contributed by atoms with van der Waals surface area (Å²) in [6.45, 7) is 1.23. The van der Waals surface area contributed by atoms with Gasteiger partial charge in [-0.3, -0.25) is 14.4 Å². The summed E-state index contributed by atoms with van der Waals surface area (Å²) in [6, 6.07) is 23.6. The number of amides is 1. The van der Waals surface area contributed by atoms with Gasteiger partial charge in [0.15, 0.2) is 5.78 Å². The van der Waals surface area contributed by atoms with Crippen LogP contribution in [0.15, 0.2) is 83.7 Å². The van der Waals surface area contributed by atoms with Crippen molar-refractivity contribution in [1.82, 2.24) is 9.78 Å². The van der Waals surface area contributed by atoms with Crippen molar-refractivity contribution in [1.29, 1.82) is 0 Å². The Kier molecular flexibility index (Phi) is 5.22. The van der Waals surface area contributed by atoms with Crippen LogP contribution < -0.4 is 10.9 Å². The fourth-order valence-corrected chi connectivity index (χ4v) is 3.22. The quantitative estimate of drug-likeness (QED) is 0.518. The zero-order valence-corrected chi connectivity index (χ0v) is 16.3. The fourth-order valence-electron chi connectivity index (χ4n) is 3.22. The molecule has 4 rings (SSSR count). The summed E-state index contributed by atoms with van der Waals surface area (Å²) >= 11 is 0. The van der Waals surface area contributed by atoms with Gasteiger partial charge in [0.2, 0.25) is 5.91 Å². The Bertz CT molecular complexity index is 1320. The normalized spacial score (nSPS) is 10.7. The summed E-state index contributed by atoms with van der Waals surface area (Å²) in [6.07, 6.45) is 0. The molecule has 3 aromatic carbocycles. The van der Waals surface area contributed by atoms with E-state index in [2.05, 4.69) is 10.4 Å². The number of Topliss-reactive ketones (excluding diaryl/α,β-unsaturated/α-hetero) is 1. The van der Waals surface area contributed by atoms with E-state index in [1.165, 1.54) is 13.0 Å². The van der Waals surface area contributed by atoms with Crippen molar-refractivity contribution in [3.8, 4) is 11.3 Å². The molecule has 148 valence electrons. The third-order valence-corrected chi connectivity index (χ3v) is 4.76. The highest BCUT2D eigenvalue weighted by atomic mass is 16.2. The van der Waals surface area contributed by atoms with E-state index in [1.807, 2.05) is 42.5 Å². The van der Waals surface area contributed by atoms with E-state index in [4.69, 9.17) is 0 Å². The maximum Gasteiger partial charge on any atom is 0.267 e. The predicted molar refractivity (Wildman–Crippen MR) is 117 cm³/mol. The van der Waals surface area contributed by atoms with Crippen LogP contribution in [-0.2, 0) is 11.3 Å². The summed E-state index contributed by atoms with van der Waals surface area (Å²) in [5.74, 6) is -0.493. The van der Waals surface area contributed by atoms with E-state index in [0.29, 0.717) is 16.9 Å². The number of nitrogens with one attached hydrogen (secondary N) is 1. The molecule has 1 N–H and O–H groups in total. The number of hydrogen-bond donors (Lipinski definition) is 1. The van der Waals surface area contributed by atoms with Gasteiger partial charge >= 0.3 is 0 Å². The molecular weight excluding hydrogens is 378 g/mol. The van der Waals surface area contributed by atoms with E-state index in [9.17, 15) is 14.4 Å². The molecule has 6 heteroatoms. The number of nitrogens with zero attached hydrogens (tertiary/aromatic N) is 2. The summed E-state index contributed by atoms with van der Waals surface area (Å²) in [4.78, 5) is 36.2. The van der Waals surface area contributed by atoms with Gasteiger partial charge in [0.05, 0.1) is 5.69 Å². The second-order valence-electron chi connectivity index (χ2n) is 6.96. The van der Waals surface area contributed by atoms with Gasteiger partial charge in [0, 0.05) is 22.9 Å². The van der Waals surface area contributed by atoms with Crippen molar-refractivity contribution < 1.29 is 9.59 Å². The molecule has 0 bridgehead atoms. The average Bonchev–Trinajstić information content (AvgIpc) is 2.75. The minimum atomic E-state index is -0.402. The van der Waals surface area contributed by atoms with Crippen molar-refractivity contribution in [3.63, 3.8) is 0 Å². The third kappa shape index (κ3) is 4.17. The molecule has 0 aliphatic heterocycles. The molecule has 0 radical (unpaired) electrons. The van der Waals surface area contributed by atoms with Crippen LogP contribution >= 0.6 is 0 Å². The number of hydrogen-bond acceptors (Lipinski definition) is 4. The molecule has 0 aliphatic rings. The first-order valence-corrected chi connectivity index (χ1v) is 9.48. The van der Waals surface area contributed by atoms with Crippen LogP contribution in [0, 0.1) is 0 Å². The van der Waals surface area contributed by atoms with Crippen LogP contribution in [0.5, 0.6) is 0 Å². The molecule has 1 amide bonds.